The van der Waals surface area contributed by atoms with Crippen LogP contribution in [0.25, 0.3) is 0 Å². The van der Waals surface area contributed by atoms with E-state index in [4.69, 9.17) is 5.11 Å². The summed E-state index contributed by atoms with van der Waals surface area (Å²) in [4.78, 5) is 1.53. The highest BCUT2D eigenvalue weighted by atomic mass is 32.2. The van der Waals surface area contributed by atoms with Gasteiger partial charge in [0.2, 0.25) is 0 Å². The lowest BCUT2D eigenvalue weighted by Crippen LogP contribution is -2.16. The molecule has 12 heavy (non-hydrogen) atoms. The molecule has 0 aromatic rings. The van der Waals surface area contributed by atoms with Gasteiger partial charge in [0.25, 0.3) is 0 Å². The molecule has 0 radical (unpaired) electrons. The summed E-state index contributed by atoms with van der Waals surface area (Å²) in [5, 5.41) is 8.89. The largest absolute Gasteiger partial charge is 0.396 e. The summed E-state index contributed by atoms with van der Waals surface area (Å²) in [5.74, 6) is 0. The van der Waals surface area contributed by atoms with Gasteiger partial charge in [-0.15, -0.1) is 11.8 Å². The van der Waals surface area contributed by atoms with Crippen molar-refractivity contribution in [3.05, 3.63) is 10.5 Å². The minimum Gasteiger partial charge on any atom is -0.396 e. The third kappa shape index (κ3) is 2.27. The molecule has 0 spiro atoms. The highest BCUT2D eigenvalue weighted by Gasteiger charge is 2.32. The van der Waals surface area contributed by atoms with Gasteiger partial charge in [0, 0.05) is 11.4 Å². The number of thioether (sulfide) groups is 1. The van der Waals surface area contributed by atoms with Gasteiger partial charge in [-0.1, -0.05) is 5.57 Å². The summed E-state index contributed by atoms with van der Waals surface area (Å²) in [6, 6.07) is 0. The topological polar surface area (TPSA) is 20.2 Å². The third-order valence-corrected chi connectivity index (χ3v) is 4.21. The first-order valence-electron chi connectivity index (χ1n) is 4.54. The van der Waals surface area contributed by atoms with Gasteiger partial charge in [0.05, 0.1) is 0 Å². The number of rotatable bonds is 2. The normalized spacial score (nSPS) is 29.5. The summed E-state index contributed by atoms with van der Waals surface area (Å²) in [6.45, 7) is 6.92. The maximum Gasteiger partial charge on any atom is 0.0444 e. The molecule has 1 rings (SSSR count). The Bertz CT molecular complexity index is 194. The maximum absolute atomic E-state index is 8.89. The second-order valence-electron chi connectivity index (χ2n) is 3.95. The van der Waals surface area contributed by atoms with Crippen molar-refractivity contribution in [1.29, 1.82) is 0 Å². The molecule has 0 amide bonds. The van der Waals surface area contributed by atoms with Crippen LogP contribution in [-0.4, -0.2) is 16.5 Å². The first-order valence-corrected chi connectivity index (χ1v) is 5.35. The van der Waals surface area contributed by atoms with E-state index in [9.17, 15) is 0 Å². The number of aliphatic hydroxyl groups is 1. The summed E-state index contributed by atoms with van der Waals surface area (Å²) < 4.78 is 0.307. The van der Waals surface area contributed by atoms with Crippen LogP contribution in [0, 0.1) is 0 Å². The van der Waals surface area contributed by atoms with Gasteiger partial charge in [-0.05, 0) is 44.9 Å². The van der Waals surface area contributed by atoms with Crippen molar-refractivity contribution in [2.24, 2.45) is 0 Å². The van der Waals surface area contributed by atoms with Gasteiger partial charge < -0.3 is 5.11 Å². The molecule has 0 aliphatic carbocycles. The Morgan fingerprint density at radius 2 is 2.25 bits per heavy atom. The molecule has 2 heteroatoms. The van der Waals surface area contributed by atoms with Gasteiger partial charge in [-0.2, -0.15) is 0 Å². The van der Waals surface area contributed by atoms with Gasteiger partial charge in [0.15, 0.2) is 0 Å². The van der Waals surface area contributed by atoms with Crippen molar-refractivity contribution in [2.45, 2.75) is 44.8 Å². The first-order chi connectivity index (χ1) is 5.57. The molecule has 1 heterocycles. The number of hydrogen-bond donors (Lipinski definition) is 1. The average Bonchev–Trinajstić information content (AvgIpc) is 2.33. The Morgan fingerprint density at radius 3 is 2.67 bits per heavy atom. The fourth-order valence-electron chi connectivity index (χ4n) is 1.54. The van der Waals surface area contributed by atoms with E-state index in [0.717, 1.165) is 6.42 Å². The predicted octanol–water partition coefficient (Wildman–Crippen LogP) is 2.95. The van der Waals surface area contributed by atoms with Crippen molar-refractivity contribution < 1.29 is 5.11 Å². The zero-order valence-electron chi connectivity index (χ0n) is 8.18. The molecule has 1 aliphatic rings. The molecule has 1 nitrogen and oxygen atoms in total. The Balaban J connectivity index is 2.61. The fourth-order valence-corrected chi connectivity index (χ4v) is 2.94. The highest BCUT2D eigenvalue weighted by Crippen LogP contribution is 2.48. The van der Waals surface area contributed by atoms with Gasteiger partial charge >= 0.3 is 0 Å². The summed E-state index contributed by atoms with van der Waals surface area (Å²) in [5.41, 5.74) is 1.45. The second-order valence-corrected chi connectivity index (χ2v) is 5.63. The first kappa shape index (κ1) is 10.1. The number of hydrogen-bond acceptors (Lipinski definition) is 2. The Morgan fingerprint density at radius 1 is 1.58 bits per heavy atom. The van der Waals surface area contributed by atoms with Crippen LogP contribution in [0.1, 0.15) is 40.0 Å². The van der Waals surface area contributed by atoms with E-state index in [0.29, 0.717) is 11.4 Å². The minimum absolute atomic E-state index is 0.307. The smallest absolute Gasteiger partial charge is 0.0444 e. The van der Waals surface area contributed by atoms with E-state index in [1.54, 1.807) is 0 Å². The van der Waals surface area contributed by atoms with Crippen LogP contribution in [0.4, 0.5) is 0 Å². The molecule has 0 aromatic heterocycles. The molecule has 0 bridgehead atoms. The molecule has 0 saturated carbocycles. The molecule has 1 fully saturated rings. The van der Waals surface area contributed by atoms with E-state index in [1.165, 1.54) is 23.3 Å². The molecule has 1 aliphatic heterocycles. The summed E-state index contributed by atoms with van der Waals surface area (Å²) in [7, 11) is 0. The Hall–Kier alpha value is 0.0500. The lowest BCUT2D eigenvalue weighted by atomic mass is 10.0. The molecule has 1 N–H and O–H groups in total. The number of allylic oxidation sites excluding steroid dienone is 2. The molecule has 1 unspecified atom stereocenters. The van der Waals surface area contributed by atoms with Crippen molar-refractivity contribution >= 4 is 11.8 Å². The SMILES string of the molecule is CC(C)=C1CCC(C)(CCO)S1. The lowest BCUT2D eigenvalue weighted by Gasteiger charge is -2.20. The van der Waals surface area contributed by atoms with Crippen LogP contribution < -0.4 is 0 Å². The van der Waals surface area contributed by atoms with Crippen LogP contribution in [0.2, 0.25) is 0 Å². The molecule has 1 atom stereocenters. The molecular formula is C10H18OS. The summed E-state index contributed by atoms with van der Waals surface area (Å²) >= 11 is 1.97. The van der Waals surface area contributed by atoms with Crippen molar-refractivity contribution in [1.82, 2.24) is 0 Å². The molecule has 0 aromatic carbocycles. The zero-order chi connectivity index (χ0) is 9.19. The van der Waals surface area contributed by atoms with E-state index in [1.807, 2.05) is 11.8 Å². The molecular weight excluding hydrogens is 168 g/mol. The molecule has 70 valence electrons. The van der Waals surface area contributed by atoms with Crippen LogP contribution in [0.3, 0.4) is 0 Å². The van der Waals surface area contributed by atoms with E-state index >= 15 is 0 Å². The minimum atomic E-state index is 0.307. The fraction of sp³-hybridized carbons (Fsp3) is 0.800. The van der Waals surface area contributed by atoms with Gasteiger partial charge in [-0.3, -0.25) is 0 Å². The predicted molar refractivity (Wildman–Crippen MR) is 55.3 cm³/mol. The van der Waals surface area contributed by atoms with Gasteiger partial charge in [0.1, 0.15) is 0 Å². The Kier molecular flexibility index (Phi) is 3.24. The van der Waals surface area contributed by atoms with E-state index < -0.39 is 0 Å². The lowest BCUT2D eigenvalue weighted by molar-refractivity contribution is 0.270. The molecule has 1 saturated heterocycles. The number of aliphatic hydroxyl groups excluding tert-OH is 1. The van der Waals surface area contributed by atoms with Crippen LogP contribution in [0.5, 0.6) is 0 Å². The second kappa shape index (κ2) is 3.84. The van der Waals surface area contributed by atoms with E-state index in [2.05, 4.69) is 20.8 Å². The monoisotopic (exact) mass is 186 g/mol. The van der Waals surface area contributed by atoms with Gasteiger partial charge in [-0.25, -0.2) is 0 Å². The maximum atomic E-state index is 8.89. The standard InChI is InChI=1S/C10H18OS/c1-8(2)9-4-5-10(3,12-9)6-7-11/h11H,4-7H2,1-3H3. The van der Waals surface area contributed by atoms with Crippen LogP contribution in [0.15, 0.2) is 10.5 Å². The quantitative estimate of drug-likeness (QED) is 0.715. The van der Waals surface area contributed by atoms with Crippen molar-refractivity contribution in [2.75, 3.05) is 6.61 Å². The van der Waals surface area contributed by atoms with Crippen molar-refractivity contribution in [3.63, 3.8) is 0 Å². The Labute approximate surface area is 79.2 Å². The third-order valence-electron chi connectivity index (χ3n) is 2.45. The average molecular weight is 186 g/mol. The van der Waals surface area contributed by atoms with Crippen molar-refractivity contribution in [3.8, 4) is 0 Å². The highest BCUT2D eigenvalue weighted by molar-refractivity contribution is 8.04. The van der Waals surface area contributed by atoms with E-state index in [-0.39, 0.29) is 0 Å². The summed E-state index contributed by atoms with van der Waals surface area (Å²) in [6.07, 6.45) is 3.36. The zero-order valence-corrected chi connectivity index (χ0v) is 9.00. The van der Waals surface area contributed by atoms with Crippen LogP contribution >= 0.6 is 11.8 Å². The van der Waals surface area contributed by atoms with Crippen LogP contribution in [-0.2, 0) is 0 Å².